The Balaban J connectivity index is 1.55. The highest BCUT2D eigenvalue weighted by atomic mass is 16.7. The predicted octanol–water partition coefficient (Wildman–Crippen LogP) is 1.58. The van der Waals surface area contributed by atoms with Crippen molar-refractivity contribution in [1.29, 1.82) is 0 Å². The lowest BCUT2D eigenvalue weighted by Gasteiger charge is -2.31. The zero-order valence-electron chi connectivity index (χ0n) is 21.9. The molecule has 0 radical (unpaired) electrons. The molecule has 2 N–H and O–H groups in total. The highest BCUT2D eigenvalue weighted by Gasteiger charge is 2.45. The number of fused-ring (bicyclic) bond motifs is 6. The number of carbonyl (C=O) groups is 2. The standard InChI is InChI=1S/C28H29N3O8/c1-4-28(36)19-8-21-25-17(10-31(21)26(34)18(19)12-37-27(28)35)15(5-6-30(14(2)3)24(33)11-32)16-7-22-23(39-13-38-22)9-20(16)29-25/h7-9,14,32,36H,4-6,10-13H2,1-3H3/t28-/m0/s1. The number of benzene rings is 1. The average molecular weight is 536 g/mol. The minimum atomic E-state index is -1.92. The molecule has 1 aromatic carbocycles. The first-order valence-corrected chi connectivity index (χ1v) is 13.0. The van der Waals surface area contributed by atoms with E-state index in [2.05, 4.69) is 0 Å². The largest absolute Gasteiger partial charge is 0.458 e. The van der Waals surface area contributed by atoms with Crippen molar-refractivity contribution in [2.75, 3.05) is 19.9 Å². The summed E-state index contributed by atoms with van der Waals surface area (Å²) in [5.41, 5.74) is 1.64. The Morgan fingerprint density at radius 1 is 1.15 bits per heavy atom. The van der Waals surface area contributed by atoms with Crippen LogP contribution in [0.5, 0.6) is 11.5 Å². The van der Waals surface area contributed by atoms with Crippen molar-refractivity contribution in [3.05, 3.63) is 50.8 Å². The maximum absolute atomic E-state index is 13.6. The highest BCUT2D eigenvalue weighted by Crippen LogP contribution is 2.43. The van der Waals surface area contributed by atoms with Crippen LogP contribution >= 0.6 is 0 Å². The van der Waals surface area contributed by atoms with E-state index in [1.54, 1.807) is 28.5 Å². The van der Waals surface area contributed by atoms with Crippen LogP contribution in [0.4, 0.5) is 0 Å². The summed E-state index contributed by atoms with van der Waals surface area (Å²) in [6.45, 7) is 5.33. The summed E-state index contributed by atoms with van der Waals surface area (Å²) in [7, 11) is 0. The van der Waals surface area contributed by atoms with Crippen LogP contribution in [-0.2, 0) is 39.5 Å². The molecule has 0 unspecified atom stereocenters. The van der Waals surface area contributed by atoms with Crippen LogP contribution in [0.15, 0.2) is 23.0 Å². The van der Waals surface area contributed by atoms with Gasteiger partial charge in [0.15, 0.2) is 17.1 Å². The molecule has 0 fully saturated rings. The van der Waals surface area contributed by atoms with E-state index in [-0.39, 0.29) is 55.0 Å². The van der Waals surface area contributed by atoms with Crippen LogP contribution in [0.3, 0.4) is 0 Å². The van der Waals surface area contributed by atoms with Gasteiger partial charge in [-0.15, -0.1) is 0 Å². The second-order valence-electron chi connectivity index (χ2n) is 10.3. The maximum Gasteiger partial charge on any atom is 0.343 e. The fraction of sp³-hybridized carbons (Fsp3) is 0.429. The SMILES string of the molecule is CC[C@@]1(O)C(=O)OCc2c1cc1n(c2=O)Cc2c-1nc1cc3c(cc1c2CCN(C(=O)CO)C(C)C)OCO3. The van der Waals surface area contributed by atoms with Gasteiger partial charge in [0.25, 0.3) is 5.56 Å². The van der Waals surface area contributed by atoms with Gasteiger partial charge in [-0.3, -0.25) is 9.59 Å². The van der Waals surface area contributed by atoms with Crippen molar-refractivity contribution >= 4 is 22.8 Å². The first kappa shape index (κ1) is 25.3. The number of esters is 1. The van der Waals surface area contributed by atoms with E-state index in [0.29, 0.717) is 41.4 Å². The minimum absolute atomic E-state index is 0.0539. The Bertz CT molecular complexity index is 1610. The molecular formula is C28H29N3O8. The van der Waals surface area contributed by atoms with Gasteiger partial charge in [0.1, 0.15) is 13.2 Å². The summed E-state index contributed by atoms with van der Waals surface area (Å²) in [5.74, 6) is 0.00385. The molecule has 1 amide bonds. The van der Waals surface area contributed by atoms with Crippen molar-refractivity contribution in [3.63, 3.8) is 0 Å². The number of ether oxygens (including phenoxy) is 3. The van der Waals surface area contributed by atoms with Crippen molar-refractivity contribution < 1.29 is 34.0 Å². The monoisotopic (exact) mass is 535 g/mol. The Morgan fingerprint density at radius 2 is 1.90 bits per heavy atom. The van der Waals surface area contributed by atoms with Crippen LogP contribution < -0.4 is 15.0 Å². The van der Waals surface area contributed by atoms with Gasteiger partial charge in [-0.25, -0.2) is 9.78 Å². The number of cyclic esters (lactones) is 1. The lowest BCUT2D eigenvalue weighted by atomic mass is 9.86. The van der Waals surface area contributed by atoms with Crippen LogP contribution in [0.1, 0.15) is 49.4 Å². The number of aliphatic hydroxyl groups excluding tert-OH is 1. The van der Waals surface area contributed by atoms with Crippen LogP contribution in [0.2, 0.25) is 0 Å². The normalized spacial score (nSPS) is 18.7. The van der Waals surface area contributed by atoms with E-state index in [1.807, 2.05) is 19.9 Å². The molecule has 6 rings (SSSR count). The third kappa shape index (κ3) is 3.71. The van der Waals surface area contributed by atoms with Crippen LogP contribution in [0, 0.1) is 0 Å². The Hall–Kier alpha value is -3.96. The molecule has 2 aromatic heterocycles. The Morgan fingerprint density at radius 3 is 2.59 bits per heavy atom. The molecule has 3 aromatic rings. The maximum atomic E-state index is 13.6. The minimum Gasteiger partial charge on any atom is -0.458 e. The number of hydrogen-bond donors (Lipinski definition) is 2. The Kier molecular flexibility index (Phi) is 5.88. The van der Waals surface area contributed by atoms with Gasteiger partial charge in [-0.05, 0) is 44.4 Å². The quantitative estimate of drug-likeness (QED) is 0.352. The van der Waals surface area contributed by atoms with E-state index in [9.17, 15) is 24.6 Å². The fourth-order valence-electron chi connectivity index (χ4n) is 5.83. The number of pyridine rings is 2. The van der Waals surface area contributed by atoms with Crippen LogP contribution in [0.25, 0.3) is 22.3 Å². The number of rotatable bonds is 6. The van der Waals surface area contributed by atoms with E-state index in [0.717, 1.165) is 16.5 Å². The van der Waals surface area contributed by atoms with Crippen LogP contribution in [-0.4, -0.2) is 62.5 Å². The predicted molar refractivity (Wildman–Crippen MR) is 138 cm³/mol. The van der Waals surface area contributed by atoms with Gasteiger partial charge in [-0.1, -0.05) is 6.92 Å². The van der Waals surface area contributed by atoms with Gasteiger partial charge in [0.05, 0.1) is 29.0 Å². The molecule has 0 spiro atoms. The topological polar surface area (TPSA) is 140 Å². The molecule has 39 heavy (non-hydrogen) atoms. The van der Waals surface area contributed by atoms with E-state index >= 15 is 0 Å². The number of aliphatic hydroxyl groups is 2. The zero-order chi connectivity index (χ0) is 27.6. The summed E-state index contributed by atoms with van der Waals surface area (Å²) in [5, 5.41) is 21.5. The van der Waals surface area contributed by atoms with E-state index < -0.39 is 18.2 Å². The first-order valence-electron chi connectivity index (χ1n) is 13.0. The molecule has 3 aliphatic rings. The van der Waals surface area contributed by atoms with Crippen molar-refractivity contribution in [2.45, 2.75) is 58.4 Å². The molecule has 1 atom stereocenters. The molecule has 0 aliphatic carbocycles. The molecule has 0 saturated heterocycles. The van der Waals surface area contributed by atoms with Gasteiger partial charge in [0.2, 0.25) is 12.7 Å². The summed E-state index contributed by atoms with van der Waals surface area (Å²) in [6, 6.07) is 5.21. The molecule has 204 valence electrons. The molecule has 0 saturated carbocycles. The summed E-state index contributed by atoms with van der Waals surface area (Å²) >= 11 is 0. The average Bonchev–Trinajstić information content (AvgIpc) is 3.53. The van der Waals surface area contributed by atoms with Crippen molar-refractivity contribution in [1.82, 2.24) is 14.5 Å². The smallest absolute Gasteiger partial charge is 0.343 e. The Labute approximate surface area is 223 Å². The summed E-state index contributed by atoms with van der Waals surface area (Å²) < 4.78 is 18.0. The number of hydrogen-bond acceptors (Lipinski definition) is 9. The van der Waals surface area contributed by atoms with Crippen molar-refractivity contribution in [3.8, 4) is 22.9 Å². The lowest BCUT2D eigenvalue weighted by molar-refractivity contribution is -0.172. The third-order valence-corrected chi connectivity index (χ3v) is 7.98. The molecule has 11 nitrogen and oxygen atoms in total. The number of aromatic nitrogens is 2. The second-order valence-corrected chi connectivity index (χ2v) is 10.3. The number of carbonyl (C=O) groups excluding carboxylic acids is 2. The molecule has 5 heterocycles. The van der Waals surface area contributed by atoms with Crippen molar-refractivity contribution in [2.24, 2.45) is 0 Å². The van der Waals surface area contributed by atoms with E-state index in [4.69, 9.17) is 19.2 Å². The molecule has 0 bridgehead atoms. The number of nitrogens with zero attached hydrogens (tertiary/aromatic N) is 3. The van der Waals surface area contributed by atoms with Gasteiger partial charge in [-0.2, -0.15) is 0 Å². The van der Waals surface area contributed by atoms with Gasteiger partial charge < -0.3 is 33.9 Å². The summed E-state index contributed by atoms with van der Waals surface area (Å²) in [6.07, 6.45) is 0.492. The van der Waals surface area contributed by atoms with Gasteiger partial charge >= 0.3 is 5.97 Å². The second kappa shape index (κ2) is 9.06. The third-order valence-electron chi connectivity index (χ3n) is 7.98. The summed E-state index contributed by atoms with van der Waals surface area (Å²) in [4.78, 5) is 45.1. The zero-order valence-corrected chi connectivity index (χ0v) is 21.9. The number of amides is 1. The van der Waals surface area contributed by atoms with Gasteiger partial charge in [0, 0.05) is 35.2 Å². The highest BCUT2D eigenvalue weighted by molar-refractivity contribution is 5.91. The van der Waals surface area contributed by atoms with E-state index in [1.165, 1.54) is 0 Å². The first-order chi connectivity index (χ1) is 18.7. The molecule has 3 aliphatic heterocycles. The molecule has 11 heteroatoms. The fourth-order valence-corrected chi connectivity index (χ4v) is 5.83. The molecular weight excluding hydrogens is 506 g/mol. The lowest BCUT2D eigenvalue weighted by Crippen LogP contribution is -2.44.